The van der Waals surface area contributed by atoms with Gasteiger partial charge in [-0.05, 0) is 19.8 Å². The van der Waals surface area contributed by atoms with Crippen LogP contribution >= 0.6 is 0 Å². The van der Waals surface area contributed by atoms with Gasteiger partial charge in [0.05, 0.1) is 6.61 Å². The largest absolute Gasteiger partial charge is 0.381 e. The first-order valence-corrected chi connectivity index (χ1v) is 4.68. The minimum atomic E-state index is 0.844. The van der Waals surface area contributed by atoms with Crippen LogP contribution in [0.15, 0.2) is 5.10 Å². The lowest BCUT2D eigenvalue weighted by Crippen LogP contribution is -2.13. The van der Waals surface area contributed by atoms with Crippen molar-refractivity contribution in [2.75, 3.05) is 26.8 Å². The first-order chi connectivity index (χ1) is 5.83. The Hall–Kier alpha value is -0.570. The zero-order valence-corrected chi connectivity index (χ0v) is 8.05. The summed E-state index contributed by atoms with van der Waals surface area (Å²) >= 11 is 0. The lowest BCUT2D eigenvalue weighted by Gasteiger charge is -2.11. The molecule has 1 rings (SSSR count). The smallest absolute Gasteiger partial charge is 0.0518 e. The quantitative estimate of drug-likeness (QED) is 0.587. The van der Waals surface area contributed by atoms with Crippen LogP contribution in [0.2, 0.25) is 0 Å². The molecule has 1 aliphatic heterocycles. The Morgan fingerprint density at radius 2 is 2.25 bits per heavy atom. The lowest BCUT2D eigenvalue weighted by molar-refractivity contribution is 0.147. The summed E-state index contributed by atoms with van der Waals surface area (Å²) in [4.78, 5) is 0. The normalized spacial score (nSPS) is 22.3. The molecule has 0 bridgehead atoms. The highest BCUT2D eigenvalue weighted by Crippen LogP contribution is 2.05. The zero-order valence-electron chi connectivity index (χ0n) is 8.05. The maximum absolute atomic E-state index is 5.34. The fourth-order valence-corrected chi connectivity index (χ4v) is 1.21. The molecule has 1 fully saturated rings. The van der Waals surface area contributed by atoms with Crippen LogP contribution in [0.4, 0.5) is 0 Å². The summed E-state index contributed by atoms with van der Waals surface area (Å²) < 4.78 is 5.34. The molecule has 70 valence electrons. The minimum absolute atomic E-state index is 0.844. The number of rotatable bonds is 2. The van der Waals surface area contributed by atoms with E-state index in [1.54, 1.807) is 0 Å². The average molecular weight is 170 g/mol. The second-order valence-electron chi connectivity index (χ2n) is 3.11. The number of nitrogens with zero attached hydrogens (tertiary/aromatic N) is 2. The molecule has 0 saturated carbocycles. The zero-order chi connectivity index (χ0) is 8.81. The van der Waals surface area contributed by atoms with Crippen LogP contribution in [0.5, 0.6) is 0 Å². The molecule has 3 nitrogen and oxygen atoms in total. The van der Waals surface area contributed by atoms with Crippen molar-refractivity contribution in [3.05, 3.63) is 0 Å². The van der Waals surface area contributed by atoms with Gasteiger partial charge in [0.1, 0.15) is 0 Å². The van der Waals surface area contributed by atoms with Crippen molar-refractivity contribution in [1.29, 1.82) is 0 Å². The van der Waals surface area contributed by atoms with E-state index in [0.29, 0.717) is 0 Å². The number of ether oxygens (including phenoxy) is 1. The van der Waals surface area contributed by atoms with Crippen molar-refractivity contribution >= 4 is 5.71 Å². The van der Waals surface area contributed by atoms with Crippen molar-refractivity contribution in [3.8, 4) is 0 Å². The summed E-state index contributed by atoms with van der Waals surface area (Å²) in [7, 11) is 2.01. The molecular formula is C9H18N2O. The fourth-order valence-electron chi connectivity index (χ4n) is 1.21. The first kappa shape index (κ1) is 9.52. The first-order valence-electron chi connectivity index (χ1n) is 4.68. The van der Waals surface area contributed by atoms with Crippen LogP contribution < -0.4 is 0 Å². The molecule has 3 heteroatoms. The number of hydrazone groups is 1. The Bertz CT molecular complexity index is 147. The van der Waals surface area contributed by atoms with E-state index >= 15 is 0 Å². The topological polar surface area (TPSA) is 24.8 Å². The Morgan fingerprint density at radius 3 is 3.00 bits per heavy atom. The molecule has 1 saturated heterocycles. The summed E-state index contributed by atoms with van der Waals surface area (Å²) in [5.74, 6) is 0. The van der Waals surface area contributed by atoms with Gasteiger partial charge < -0.3 is 9.75 Å². The molecule has 0 aromatic heterocycles. The third kappa shape index (κ3) is 3.22. The standard InChI is InChI=1S/C9H18N2O/c1-3-11(2)10-9-5-4-7-12-8-6-9/h3-8H2,1-2H3/b10-9-. The van der Waals surface area contributed by atoms with Crippen molar-refractivity contribution < 1.29 is 4.74 Å². The van der Waals surface area contributed by atoms with Gasteiger partial charge in [0, 0.05) is 32.3 Å². The molecule has 1 aliphatic rings. The third-order valence-corrected chi connectivity index (χ3v) is 2.06. The van der Waals surface area contributed by atoms with Crippen LogP contribution in [0.1, 0.15) is 26.2 Å². The van der Waals surface area contributed by atoms with Gasteiger partial charge >= 0.3 is 0 Å². The van der Waals surface area contributed by atoms with E-state index in [-0.39, 0.29) is 0 Å². The molecule has 0 N–H and O–H groups in total. The van der Waals surface area contributed by atoms with Gasteiger partial charge in [-0.1, -0.05) is 0 Å². The van der Waals surface area contributed by atoms with Crippen molar-refractivity contribution in [3.63, 3.8) is 0 Å². The van der Waals surface area contributed by atoms with E-state index < -0.39 is 0 Å². The van der Waals surface area contributed by atoms with E-state index in [4.69, 9.17) is 4.74 Å². The Kier molecular flexibility index (Phi) is 4.08. The van der Waals surface area contributed by atoms with Crippen LogP contribution in [0, 0.1) is 0 Å². The lowest BCUT2D eigenvalue weighted by atomic mass is 10.2. The molecule has 12 heavy (non-hydrogen) atoms. The Balaban J connectivity index is 2.41. The van der Waals surface area contributed by atoms with Crippen molar-refractivity contribution in [2.45, 2.75) is 26.2 Å². The van der Waals surface area contributed by atoms with Gasteiger partial charge in [0.15, 0.2) is 0 Å². The minimum Gasteiger partial charge on any atom is -0.381 e. The highest BCUT2D eigenvalue weighted by atomic mass is 16.5. The summed E-state index contributed by atoms with van der Waals surface area (Å²) in [6.07, 6.45) is 3.23. The predicted octanol–water partition coefficient (Wildman–Crippen LogP) is 1.49. The van der Waals surface area contributed by atoms with Gasteiger partial charge in [-0.25, -0.2) is 0 Å². The van der Waals surface area contributed by atoms with Crippen LogP contribution in [-0.4, -0.2) is 37.5 Å². The second kappa shape index (κ2) is 5.14. The van der Waals surface area contributed by atoms with Crippen LogP contribution in [0.25, 0.3) is 0 Å². The SMILES string of the molecule is CCN(C)/N=C1/CCCOCC1. The molecule has 0 atom stereocenters. The molecule has 0 amide bonds. The number of hydrogen-bond donors (Lipinski definition) is 0. The van der Waals surface area contributed by atoms with Crippen LogP contribution in [-0.2, 0) is 4.74 Å². The molecule has 0 aliphatic carbocycles. The predicted molar refractivity (Wildman–Crippen MR) is 50.4 cm³/mol. The highest BCUT2D eigenvalue weighted by molar-refractivity contribution is 5.84. The van der Waals surface area contributed by atoms with E-state index in [1.165, 1.54) is 5.71 Å². The van der Waals surface area contributed by atoms with E-state index in [9.17, 15) is 0 Å². The van der Waals surface area contributed by atoms with E-state index in [1.807, 2.05) is 12.1 Å². The van der Waals surface area contributed by atoms with Gasteiger partial charge in [-0.2, -0.15) is 5.10 Å². The molecule has 0 radical (unpaired) electrons. The van der Waals surface area contributed by atoms with Gasteiger partial charge in [-0.15, -0.1) is 0 Å². The number of hydrogen-bond acceptors (Lipinski definition) is 3. The Labute approximate surface area is 74.4 Å². The van der Waals surface area contributed by atoms with Gasteiger partial charge in [0.2, 0.25) is 0 Å². The maximum Gasteiger partial charge on any atom is 0.0518 e. The van der Waals surface area contributed by atoms with Gasteiger partial charge in [0.25, 0.3) is 0 Å². The third-order valence-electron chi connectivity index (χ3n) is 2.06. The molecule has 0 spiro atoms. The molecule has 1 heterocycles. The average Bonchev–Trinajstić information content (AvgIpc) is 2.33. The van der Waals surface area contributed by atoms with Gasteiger partial charge in [-0.3, -0.25) is 0 Å². The van der Waals surface area contributed by atoms with Crippen LogP contribution in [0.3, 0.4) is 0 Å². The van der Waals surface area contributed by atoms with Crippen molar-refractivity contribution in [2.24, 2.45) is 5.10 Å². The molecule has 0 aromatic rings. The highest BCUT2D eigenvalue weighted by Gasteiger charge is 2.05. The summed E-state index contributed by atoms with van der Waals surface area (Å²) in [5, 5.41) is 6.47. The van der Waals surface area contributed by atoms with Crippen molar-refractivity contribution in [1.82, 2.24) is 5.01 Å². The monoisotopic (exact) mass is 170 g/mol. The summed E-state index contributed by atoms with van der Waals surface area (Å²) in [6, 6.07) is 0. The molecule has 0 aromatic carbocycles. The molecule has 0 unspecified atom stereocenters. The van der Waals surface area contributed by atoms with E-state index in [2.05, 4.69) is 12.0 Å². The summed E-state index contributed by atoms with van der Waals surface area (Å²) in [5.41, 5.74) is 1.29. The second-order valence-corrected chi connectivity index (χ2v) is 3.11. The summed E-state index contributed by atoms with van der Waals surface area (Å²) in [6.45, 7) is 4.83. The van der Waals surface area contributed by atoms with E-state index in [0.717, 1.165) is 39.0 Å². The molecular weight excluding hydrogens is 152 g/mol. The fraction of sp³-hybridized carbons (Fsp3) is 0.889. The Morgan fingerprint density at radius 1 is 1.42 bits per heavy atom. The maximum atomic E-state index is 5.34.